The van der Waals surface area contributed by atoms with Crippen LogP contribution in [0.25, 0.3) is 0 Å². The fourth-order valence-corrected chi connectivity index (χ4v) is 4.55. The van der Waals surface area contributed by atoms with Crippen LogP contribution in [0.4, 0.5) is 0 Å². The predicted molar refractivity (Wildman–Crippen MR) is 89.8 cm³/mol. The van der Waals surface area contributed by atoms with Crippen LogP contribution in [-0.4, -0.2) is 18.6 Å². The van der Waals surface area contributed by atoms with Gasteiger partial charge in [0.25, 0.3) is 0 Å². The van der Waals surface area contributed by atoms with E-state index in [4.69, 9.17) is 9.72 Å². The molecule has 21 heavy (non-hydrogen) atoms. The maximum atomic E-state index is 6.12. The van der Waals surface area contributed by atoms with Crippen LogP contribution in [0, 0.1) is 5.92 Å². The van der Waals surface area contributed by atoms with Gasteiger partial charge in [-0.15, -0.1) is 11.3 Å². The fourth-order valence-electron chi connectivity index (χ4n) is 3.28. The van der Waals surface area contributed by atoms with Crippen molar-refractivity contribution in [3.8, 4) is 0 Å². The van der Waals surface area contributed by atoms with Gasteiger partial charge in [-0.05, 0) is 39.2 Å². The molecule has 2 rings (SSSR count). The number of hydrogen-bond donors (Lipinski definition) is 1. The largest absolute Gasteiger partial charge is 0.371 e. The Morgan fingerprint density at radius 2 is 2.05 bits per heavy atom. The van der Waals surface area contributed by atoms with Crippen LogP contribution < -0.4 is 5.32 Å². The van der Waals surface area contributed by atoms with Gasteiger partial charge in [0.2, 0.25) is 0 Å². The molecule has 0 saturated heterocycles. The van der Waals surface area contributed by atoms with Gasteiger partial charge in [0.05, 0.1) is 5.69 Å². The molecule has 1 aromatic heterocycles. The van der Waals surface area contributed by atoms with Crippen LogP contribution in [0.2, 0.25) is 0 Å². The summed E-state index contributed by atoms with van der Waals surface area (Å²) >= 11 is 1.87. The van der Waals surface area contributed by atoms with E-state index in [0.717, 1.165) is 26.0 Å². The van der Waals surface area contributed by atoms with Gasteiger partial charge in [-0.25, -0.2) is 4.98 Å². The van der Waals surface area contributed by atoms with Crippen LogP contribution in [0.3, 0.4) is 0 Å². The Balaban J connectivity index is 2.19. The van der Waals surface area contributed by atoms with Crippen molar-refractivity contribution < 1.29 is 4.74 Å². The lowest BCUT2D eigenvalue weighted by atomic mass is 9.85. The van der Waals surface area contributed by atoms with Crippen LogP contribution in [0.5, 0.6) is 0 Å². The highest BCUT2D eigenvalue weighted by Crippen LogP contribution is 2.39. The van der Waals surface area contributed by atoms with Crippen molar-refractivity contribution in [3.05, 3.63) is 15.6 Å². The molecule has 1 saturated carbocycles. The molecule has 0 radical (unpaired) electrons. The Morgan fingerprint density at radius 3 is 2.67 bits per heavy atom. The highest BCUT2D eigenvalue weighted by atomic mass is 32.1. The van der Waals surface area contributed by atoms with Crippen molar-refractivity contribution in [3.63, 3.8) is 0 Å². The maximum absolute atomic E-state index is 6.12. The van der Waals surface area contributed by atoms with Crippen molar-refractivity contribution in [1.82, 2.24) is 10.3 Å². The second-order valence-corrected chi connectivity index (χ2v) is 7.09. The summed E-state index contributed by atoms with van der Waals surface area (Å²) in [4.78, 5) is 6.36. The van der Waals surface area contributed by atoms with E-state index in [0.29, 0.717) is 5.92 Å². The molecule has 1 heterocycles. The first-order valence-electron chi connectivity index (χ1n) is 8.54. The highest BCUT2D eigenvalue weighted by Gasteiger charge is 2.28. The molecule has 4 heteroatoms. The molecule has 0 aromatic carbocycles. The number of rotatable bonds is 8. The number of nitrogens with one attached hydrogen (secondary N) is 1. The quantitative estimate of drug-likeness (QED) is 0.769. The van der Waals surface area contributed by atoms with E-state index < -0.39 is 0 Å². The minimum Gasteiger partial charge on any atom is -0.371 e. The molecule has 1 aliphatic carbocycles. The lowest BCUT2D eigenvalue weighted by Gasteiger charge is -2.28. The normalized spacial score (nSPS) is 18.0. The van der Waals surface area contributed by atoms with Gasteiger partial charge in [0, 0.05) is 18.0 Å². The molecule has 1 aromatic rings. The molecule has 0 aliphatic heterocycles. The average molecular weight is 311 g/mol. The summed E-state index contributed by atoms with van der Waals surface area (Å²) in [5.41, 5.74) is 1.28. The van der Waals surface area contributed by atoms with Gasteiger partial charge in [0.15, 0.2) is 0 Å². The number of ether oxygens (including phenoxy) is 1. The summed E-state index contributed by atoms with van der Waals surface area (Å²) < 4.78 is 6.12. The first-order valence-corrected chi connectivity index (χ1v) is 9.36. The van der Waals surface area contributed by atoms with Gasteiger partial charge in [-0.2, -0.15) is 0 Å². The first-order chi connectivity index (χ1) is 10.3. The zero-order valence-electron chi connectivity index (χ0n) is 13.8. The lowest BCUT2D eigenvalue weighted by Crippen LogP contribution is -2.19. The molecule has 120 valence electrons. The number of thiazole rings is 1. The van der Waals surface area contributed by atoms with E-state index in [9.17, 15) is 0 Å². The molecule has 0 bridgehead atoms. The Bertz CT molecular complexity index is 389. The van der Waals surface area contributed by atoms with Crippen molar-refractivity contribution in [2.24, 2.45) is 5.92 Å². The molecule has 1 atom stereocenters. The van der Waals surface area contributed by atoms with Crippen molar-refractivity contribution in [1.29, 1.82) is 0 Å². The summed E-state index contributed by atoms with van der Waals surface area (Å²) in [7, 11) is 2.01. The smallest absolute Gasteiger partial charge is 0.122 e. The number of aromatic nitrogens is 1. The molecule has 3 nitrogen and oxygen atoms in total. The third-order valence-electron chi connectivity index (χ3n) is 4.29. The Hall–Kier alpha value is -0.450. The molecule has 0 amide bonds. The van der Waals surface area contributed by atoms with E-state index in [1.807, 2.05) is 18.4 Å². The first kappa shape index (κ1) is 16.9. The maximum Gasteiger partial charge on any atom is 0.122 e. The summed E-state index contributed by atoms with van der Waals surface area (Å²) in [5.74, 6) is 0.668. The Labute approximate surface area is 133 Å². The van der Waals surface area contributed by atoms with Gasteiger partial charge >= 0.3 is 0 Å². The van der Waals surface area contributed by atoms with Gasteiger partial charge < -0.3 is 10.1 Å². The van der Waals surface area contributed by atoms with E-state index in [1.54, 1.807) is 0 Å². The van der Waals surface area contributed by atoms with Gasteiger partial charge in [0.1, 0.15) is 11.1 Å². The SMILES string of the molecule is CCCc1nc(C(OCC)C2CCCCC2)sc1CNC. The van der Waals surface area contributed by atoms with E-state index in [-0.39, 0.29) is 6.10 Å². The summed E-state index contributed by atoms with van der Waals surface area (Å²) in [5, 5.41) is 4.50. The molecular weight excluding hydrogens is 280 g/mol. The Morgan fingerprint density at radius 1 is 1.29 bits per heavy atom. The van der Waals surface area contributed by atoms with Crippen molar-refractivity contribution in [2.75, 3.05) is 13.7 Å². The van der Waals surface area contributed by atoms with Crippen LogP contribution in [0.1, 0.15) is 74.1 Å². The molecule has 1 unspecified atom stereocenters. The summed E-state index contributed by atoms with van der Waals surface area (Å²) in [6, 6.07) is 0. The molecule has 0 spiro atoms. The van der Waals surface area contributed by atoms with Crippen molar-refractivity contribution >= 4 is 11.3 Å². The highest BCUT2D eigenvalue weighted by molar-refractivity contribution is 7.11. The minimum absolute atomic E-state index is 0.224. The van der Waals surface area contributed by atoms with E-state index in [1.165, 1.54) is 47.7 Å². The van der Waals surface area contributed by atoms with Gasteiger partial charge in [-0.1, -0.05) is 32.6 Å². The second-order valence-electron chi connectivity index (χ2n) is 5.98. The third-order valence-corrected chi connectivity index (χ3v) is 5.45. The minimum atomic E-state index is 0.224. The fraction of sp³-hybridized carbons (Fsp3) is 0.824. The zero-order valence-corrected chi connectivity index (χ0v) is 14.6. The lowest BCUT2D eigenvalue weighted by molar-refractivity contribution is 0.00542. The van der Waals surface area contributed by atoms with E-state index >= 15 is 0 Å². The van der Waals surface area contributed by atoms with E-state index in [2.05, 4.69) is 19.2 Å². The topological polar surface area (TPSA) is 34.1 Å². The predicted octanol–water partition coefficient (Wildman–Crippen LogP) is 4.47. The Kier molecular flexibility index (Phi) is 7.14. The molecular formula is C17H30N2OS. The van der Waals surface area contributed by atoms with Gasteiger partial charge in [-0.3, -0.25) is 0 Å². The van der Waals surface area contributed by atoms with Crippen LogP contribution in [0.15, 0.2) is 0 Å². The van der Waals surface area contributed by atoms with Crippen LogP contribution in [-0.2, 0) is 17.7 Å². The number of hydrogen-bond acceptors (Lipinski definition) is 4. The average Bonchev–Trinajstić information content (AvgIpc) is 2.89. The third kappa shape index (κ3) is 4.51. The molecule has 1 fully saturated rings. The summed E-state index contributed by atoms with van der Waals surface area (Å²) in [6.45, 7) is 6.04. The molecule has 1 aliphatic rings. The molecule has 1 N–H and O–H groups in total. The monoisotopic (exact) mass is 310 g/mol. The standard InChI is InChI=1S/C17H30N2OS/c1-4-9-14-15(12-18-3)21-17(19-14)16(20-5-2)13-10-7-6-8-11-13/h13,16,18H,4-12H2,1-3H3. The van der Waals surface area contributed by atoms with Crippen LogP contribution >= 0.6 is 11.3 Å². The number of nitrogens with zero attached hydrogens (tertiary/aromatic N) is 1. The number of aryl methyl sites for hydroxylation is 1. The van der Waals surface area contributed by atoms with Crippen molar-refractivity contribution in [2.45, 2.75) is 71.4 Å². The zero-order chi connectivity index (χ0) is 15.1. The summed E-state index contributed by atoms with van der Waals surface area (Å²) in [6.07, 6.45) is 9.15. The second kappa shape index (κ2) is 8.86.